The highest BCUT2D eigenvalue weighted by Crippen LogP contribution is 2.11. The molecule has 0 heterocycles. The highest BCUT2D eigenvalue weighted by Gasteiger charge is 2.07. The van der Waals surface area contributed by atoms with Crippen LogP contribution in [0.1, 0.15) is 30.6 Å². The first kappa shape index (κ1) is 18.6. The van der Waals surface area contributed by atoms with Gasteiger partial charge in [-0.1, -0.05) is 35.8 Å². The molecule has 0 aliphatic carbocycles. The summed E-state index contributed by atoms with van der Waals surface area (Å²) in [6.07, 6.45) is 0.762. The molecule has 0 aliphatic rings. The molecule has 0 aliphatic heterocycles. The highest BCUT2D eigenvalue weighted by molar-refractivity contribution is 9.10. The molecule has 6 heteroatoms. The second-order valence-corrected chi connectivity index (χ2v) is 6.28. The topological polar surface area (TPSA) is 67.4 Å². The Kier molecular flexibility index (Phi) is 8.77. The third-order valence-electron chi connectivity index (χ3n) is 2.74. The van der Waals surface area contributed by atoms with Gasteiger partial charge in [-0.05, 0) is 30.5 Å². The number of rotatable bonds is 9. The summed E-state index contributed by atoms with van der Waals surface area (Å²) in [7, 11) is 0. The van der Waals surface area contributed by atoms with E-state index in [1.807, 2.05) is 6.07 Å². The molecule has 5 nitrogen and oxygen atoms in total. The summed E-state index contributed by atoms with van der Waals surface area (Å²) in [5.74, 6) is 0.0479. The van der Waals surface area contributed by atoms with Gasteiger partial charge in [0.2, 0.25) is 5.91 Å². The SMILES string of the molecule is CC(C)COCCCNC(=O)CNC(=O)c1cccc(Br)c1. The van der Waals surface area contributed by atoms with Crippen LogP contribution < -0.4 is 10.6 Å². The molecule has 0 saturated carbocycles. The smallest absolute Gasteiger partial charge is 0.251 e. The summed E-state index contributed by atoms with van der Waals surface area (Å²) >= 11 is 3.30. The van der Waals surface area contributed by atoms with Gasteiger partial charge in [-0.15, -0.1) is 0 Å². The Balaban J connectivity index is 2.14. The van der Waals surface area contributed by atoms with Crippen LogP contribution in [0.15, 0.2) is 28.7 Å². The third-order valence-corrected chi connectivity index (χ3v) is 3.23. The molecule has 1 aromatic carbocycles. The largest absolute Gasteiger partial charge is 0.381 e. The zero-order chi connectivity index (χ0) is 16.4. The molecule has 1 aromatic rings. The van der Waals surface area contributed by atoms with Crippen LogP contribution in [0, 0.1) is 5.92 Å². The summed E-state index contributed by atoms with van der Waals surface area (Å²) in [5, 5.41) is 5.34. The van der Waals surface area contributed by atoms with Crippen molar-refractivity contribution >= 4 is 27.7 Å². The minimum Gasteiger partial charge on any atom is -0.381 e. The van der Waals surface area contributed by atoms with Crippen LogP contribution in [0.25, 0.3) is 0 Å². The van der Waals surface area contributed by atoms with Gasteiger partial charge in [0, 0.05) is 29.8 Å². The summed E-state index contributed by atoms with van der Waals surface area (Å²) in [6, 6.07) is 7.02. The van der Waals surface area contributed by atoms with Crippen molar-refractivity contribution in [3.63, 3.8) is 0 Å². The molecular formula is C16H23BrN2O3. The van der Waals surface area contributed by atoms with E-state index in [2.05, 4.69) is 40.4 Å². The van der Waals surface area contributed by atoms with Crippen molar-refractivity contribution in [2.75, 3.05) is 26.3 Å². The van der Waals surface area contributed by atoms with Crippen molar-refractivity contribution in [2.24, 2.45) is 5.92 Å². The lowest BCUT2D eigenvalue weighted by atomic mass is 10.2. The first-order valence-corrected chi connectivity index (χ1v) is 8.16. The summed E-state index contributed by atoms with van der Waals surface area (Å²) in [5.41, 5.74) is 0.518. The van der Waals surface area contributed by atoms with E-state index in [4.69, 9.17) is 4.74 Å². The minimum atomic E-state index is -0.267. The molecule has 2 amide bonds. The number of hydrogen-bond acceptors (Lipinski definition) is 3. The van der Waals surface area contributed by atoms with Crippen LogP contribution >= 0.6 is 15.9 Å². The normalized spacial score (nSPS) is 10.5. The van der Waals surface area contributed by atoms with Gasteiger partial charge in [0.15, 0.2) is 0 Å². The van der Waals surface area contributed by atoms with Crippen LogP contribution in [0.5, 0.6) is 0 Å². The van der Waals surface area contributed by atoms with Crippen molar-refractivity contribution in [3.8, 4) is 0 Å². The Hall–Kier alpha value is -1.40. The number of halogens is 1. The lowest BCUT2D eigenvalue weighted by molar-refractivity contribution is -0.120. The molecule has 0 unspecified atom stereocenters. The molecular weight excluding hydrogens is 348 g/mol. The Morgan fingerprint density at radius 1 is 1.27 bits per heavy atom. The van der Waals surface area contributed by atoms with Crippen molar-refractivity contribution in [3.05, 3.63) is 34.3 Å². The Labute approximate surface area is 139 Å². The van der Waals surface area contributed by atoms with E-state index in [1.54, 1.807) is 18.2 Å². The molecule has 0 atom stereocenters. The highest BCUT2D eigenvalue weighted by atomic mass is 79.9. The van der Waals surface area contributed by atoms with Gasteiger partial charge >= 0.3 is 0 Å². The zero-order valence-electron chi connectivity index (χ0n) is 13.0. The molecule has 0 bridgehead atoms. The molecule has 0 saturated heterocycles. The van der Waals surface area contributed by atoms with Gasteiger partial charge in [0.05, 0.1) is 6.54 Å². The number of benzene rings is 1. The van der Waals surface area contributed by atoms with E-state index in [0.717, 1.165) is 17.5 Å². The standard InChI is InChI=1S/C16H23BrN2O3/c1-12(2)11-22-8-4-7-18-15(20)10-19-16(21)13-5-3-6-14(17)9-13/h3,5-6,9,12H,4,7-8,10-11H2,1-2H3,(H,18,20)(H,19,21). The van der Waals surface area contributed by atoms with Crippen LogP contribution in [0.3, 0.4) is 0 Å². The Morgan fingerprint density at radius 2 is 2.05 bits per heavy atom. The van der Waals surface area contributed by atoms with E-state index in [0.29, 0.717) is 24.6 Å². The average molecular weight is 371 g/mol. The molecule has 2 N–H and O–H groups in total. The van der Waals surface area contributed by atoms with E-state index < -0.39 is 0 Å². The van der Waals surface area contributed by atoms with Gasteiger partial charge in [-0.25, -0.2) is 0 Å². The van der Waals surface area contributed by atoms with E-state index in [-0.39, 0.29) is 18.4 Å². The van der Waals surface area contributed by atoms with Crippen molar-refractivity contribution < 1.29 is 14.3 Å². The maximum Gasteiger partial charge on any atom is 0.251 e. The fourth-order valence-corrected chi connectivity index (χ4v) is 2.08. The minimum absolute atomic E-state index is 0.0296. The molecule has 0 radical (unpaired) electrons. The van der Waals surface area contributed by atoms with Crippen LogP contribution in [0.2, 0.25) is 0 Å². The lowest BCUT2D eigenvalue weighted by Gasteiger charge is -2.08. The van der Waals surface area contributed by atoms with Crippen LogP contribution in [-0.4, -0.2) is 38.1 Å². The van der Waals surface area contributed by atoms with E-state index in [9.17, 15) is 9.59 Å². The quantitative estimate of drug-likeness (QED) is 0.655. The van der Waals surface area contributed by atoms with E-state index >= 15 is 0 Å². The Morgan fingerprint density at radius 3 is 2.73 bits per heavy atom. The maximum atomic E-state index is 11.8. The average Bonchev–Trinajstić information content (AvgIpc) is 2.48. The molecule has 1 rings (SSSR count). The third kappa shape index (κ3) is 8.14. The molecule has 0 fully saturated rings. The van der Waals surface area contributed by atoms with Crippen LogP contribution in [-0.2, 0) is 9.53 Å². The number of carbonyl (C=O) groups is 2. The second kappa shape index (κ2) is 10.3. The first-order chi connectivity index (χ1) is 10.5. The van der Waals surface area contributed by atoms with Crippen molar-refractivity contribution in [1.82, 2.24) is 10.6 Å². The van der Waals surface area contributed by atoms with Gasteiger partial charge in [-0.3, -0.25) is 9.59 Å². The fraction of sp³-hybridized carbons (Fsp3) is 0.500. The Bertz CT molecular complexity index is 492. The number of nitrogens with one attached hydrogen (secondary N) is 2. The first-order valence-electron chi connectivity index (χ1n) is 7.37. The molecule has 22 heavy (non-hydrogen) atoms. The van der Waals surface area contributed by atoms with Gasteiger partial charge in [-0.2, -0.15) is 0 Å². The summed E-state index contributed by atoms with van der Waals surface area (Å²) in [6.45, 7) is 6.06. The predicted octanol–water partition coefficient (Wildman–Crippen LogP) is 2.36. The second-order valence-electron chi connectivity index (χ2n) is 5.37. The number of carbonyl (C=O) groups excluding carboxylic acids is 2. The predicted molar refractivity (Wildman–Crippen MR) is 89.8 cm³/mol. The van der Waals surface area contributed by atoms with E-state index in [1.165, 1.54) is 0 Å². The molecule has 0 aromatic heterocycles. The number of hydrogen-bond donors (Lipinski definition) is 2. The summed E-state index contributed by atoms with van der Waals surface area (Å²) in [4.78, 5) is 23.5. The number of amides is 2. The van der Waals surface area contributed by atoms with Crippen molar-refractivity contribution in [1.29, 1.82) is 0 Å². The van der Waals surface area contributed by atoms with Crippen LogP contribution in [0.4, 0.5) is 0 Å². The van der Waals surface area contributed by atoms with Gasteiger partial charge in [0.25, 0.3) is 5.91 Å². The number of ether oxygens (including phenoxy) is 1. The summed E-state index contributed by atoms with van der Waals surface area (Å²) < 4.78 is 6.24. The zero-order valence-corrected chi connectivity index (χ0v) is 14.6. The van der Waals surface area contributed by atoms with Crippen molar-refractivity contribution in [2.45, 2.75) is 20.3 Å². The molecule has 122 valence electrons. The lowest BCUT2D eigenvalue weighted by Crippen LogP contribution is -2.37. The maximum absolute atomic E-state index is 11.8. The molecule has 0 spiro atoms. The van der Waals surface area contributed by atoms with Gasteiger partial charge < -0.3 is 15.4 Å². The monoisotopic (exact) mass is 370 g/mol. The van der Waals surface area contributed by atoms with Gasteiger partial charge in [0.1, 0.15) is 0 Å². The fourth-order valence-electron chi connectivity index (χ4n) is 1.68.